The van der Waals surface area contributed by atoms with Crippen molar-refractivity contribution in [3.63, 3.8) is 0 Å². The molecule has 0 aromatic heterocycles. The fourth-order valence-electron chi connectivity index (χ4n) is 3.89. The van der Waals surface area contributed by atoms with E-state index in [-0.39, 0.29) is 0 Å². The van der Waals surface area contributed by atoms with Crippen LogP contribution in [0.4, 0.5) is 0 Å². The Balaban J connectivity index is 1.51. The molecule has 0 N–H and O–H groups in total. The van der Waals surface area contributed by atoms with Crippen LogP contribution in [0.15, 0.2) is 0 Å². The Morgan fingerprint density at radius 1 is 0.842 bits per heavy atom. The van der Waals surface area contributed by atoms with Gasteiger partial charge in [-0.05, 0) is 45.2 Å². The molecule has 0 bridgehead atoms. The summed E-state index contributed by atoms with van der Waals surface area (Å²) >= 11 is 0. The Hall–Kier alpha value is -0.120. The summed E-state index contributed by atoms with van der Waals surface area (Å²) in [5.41, 5.74) is 0. The fourth-order valence-corrected chi connectivity index (χ4v) is 3.89. The van der Waals surface area contributed by atoms with Crippen LogP contribution in [0.25, 0.3) is 0 Å². The third-order valence-electron chi connectivity index (χ3n) is 5.53. The van der Waals surface area contributed by atoms with E-state index in [1.54, 1.807) is 0 Å². The predicted molar refractivity (Wildman–Crippen MR) is 80.5 cm³/mol. The molecule has 0 aromatic rings. The van der Waals surface area contributed by atoms with E-state index < -0.39 is 0 Å². The molecule has 0 radical (unpaired) electrons. The fraction of sp³-hybridized carbons (Fsp3) is 1.00. The molecule has 3 fully saturated rings. The lowest BCUT2D eigenvalue weighted by molar-refractivity contribution is 0.0802. The zero-order valence-electron chi connectivity index (χ0n) is 12.7. The van der Waals surface area contributed by atoms with Crippen molar-refractivity contribution >= 4 is 0 Å². The van der Waals surface area contributed by atoms with Gasteiger partial charge in [-0.25, -0.2) is 0 Å². The van der Waals surface area contributed by atoms with Gasteiger partial charge in [-0.2, -0.15) is 0 Å². The van der Waals surface area contributed by atoms with Crippen molar-refractivity contribution < 1.29 is 0 Å². The minimum absolute atomic E-state index is 0.844. The first-order valence-corrected chi connectivity index (χ1v) is 8.46. The molecule has 1 atom stereocenters. The number of hydrogen-bond acceptors (Lipinski definition) is 3. The Morgan fingerprint density at radius 2 is 1.63 bits per heavy atom. The summed E-state index contributed by atoms with van der Waals surface area (Å²) < 4.78 is 0. The van der Waals surface area contributed by atoms with Gasteiger partial charge in [0.15, 0.2) is 0 Å². The molecule has 110 valence electrons. The quantitative estimate of drug-likeness (QED) is 0.771. The molecule has 3 nitrogen and oxygen atoms in total. The van der Waals surface area contributed by atoms with Gasteiger partial charge in [-0.15, -0.1) is 0 Å². The normalized spacial score (nSPS) is 33.0. The highest BCUT2D eigenvalue weighted by atomic mass is 15.3. The molecule has 0 spiro atoms. The highest BCUT2D eigenvalue weighted by Gasteiger charge is 2.28. The van der Waals surface area contributed by atoms with Gasteiger partial charge in [0.05, 0.1) is 0 Å². The second kappa shape index (κ2) is 6.55. The highest BCUT2D eigenvalue weighted by Crippen LogP contribution is 2.28. The zero-order chi connectivity index (χ0) is 13.1. The molecule has 3 heteroatoms. The molecule has 0 amide bonds. The summed E-state index contributed by atoms with van der Waals surface area (Å²) in [4.78, 5) is 8.04. The maximum atomic E-state index is 2.79. The third-order valence-corrected chi connectivity index (χ3v) is 5.53. The van der Waals surface area contributed by atoms with E-state index in [4.69, 9.17) is 0 Å². The number of nitrogens with zero attached hydrogens (tertiary/aromatic N) is 3. The van der Waals surface area contributed by atoms with Gasteiger partial charge in [-0.3, -0.25) is 4.90 Å². The molecule has 0 aromatic carbocycles. The molecule has 1 aliphatic carbocycles. The largest absolute Gasteiger partial charge is 0.304 e. The molecule has 3 rings (SSSR count). The first-order valence-electron chi connectivity index (χ1n) is 8.46. The van der Waals surface area contributed by atoms with Gasteiger partial charge in [-0.1, -0.05) is 12.8 Å². The summed E-state index contributed by atoms with van der Waals surface area (Å²) in [5, 5.41) is 0. The van der Waals surface area contributed by atoms with E-state index in [1.165, 1.54) is 84.3 Å². The first kappa shape index (κ1) is 13.8. The van der Waals surface area contributed by atoms with Crippen LogP contribution >= 0.6 is 0 Å². The van der Waals surface area contributed by atoms with Crippen LogP contribution in [0.1, 0.15) is 38.5 Å². The van der Waals surface area contributed by atoms with Crippen LogP contribution in [0.5, 0.6) is 0 Å². The van der Waals surface area contributed by atoms with Crippen molar-refractivity contribution in [1.29, 1.82) is 0 Å². The molecule has 1 saturated carbocycles. The van der Waals surface area contributed by atoms with Crippen molar-refractivity contribution in [2.75, 3.05) is 52.9 Å². The second-order valence-electron chi connectivity index (χ2n) is 7.05. The van der Waals surface area contributed by atoms with Gasteiger partial charge >= 0.3 is 0 Å². The Kier molecular flexibility index (Phi) is 4.78. The summed E-state index contributed by atoms with van der Waals surface area (Å²) in [6.45, 7) is 9.21. The topological polar surface area (TPSA) is 9.72 Å². The average molecular weight is 265 g/mol. The maximum Gasteiger partial charge on any atom is 0.0224 e. The van der Waals surface area contributed by atoms with Crippen LogP contribution < -0.4 is 0 Å². The first-order chi connectivity index (χ1) is 9.31. The lowest BCUT2D eigenvalue weighted by Crippen LogP contribution is -2.52. The zero-order valence-corrected chi connectivity index (χ0v) is 12.7. The van der Waals surface area contributed by atoms with Crippen molar-refractivity contribution in [1.82, 2.24) is 14.7 Å². The summed E-state index contributed by atoms with van der Waals surface area (Å²) in [7, 11) is 2.26. The summed E-state index contributed by atoms with van der Waals surface area (Å²) in [5.74, 6) is 1.03. The van der Waals surface area contributed by atoms with E-state index in [0.29, 0.717) is 0 Å². The van der Waals surface area contributed by atoms with Gasteiger partial charge in [0.1, 0.15) is 0 Å². The van der Waals surface area contributed by atoms with Crippen molar-refractivity contribution in [3.8, 4) is 0 Å². The molecule has 2 saturated heterocycles. The Labute approximate surface area is 118 Å². The lowest BCUT2D eigenvalue weighted by Gasteiger charge is -2.40. The van der Waals surface area contributed by atoms with E-state index in [2.05, 4.69) is 21.7 Å². The number of hydrogen-bond donors (Lipinski definition) is 0. The number of rotatable bonds is 3. The Bertz CT molecular complexity index is 269. The summed E-state index contributed by atoms with van der Waals surface area (Å²) in [6.07, 6.45) is 8.78. The Morgan fingerprint density at radius 3 is 2.32 bits per heavy atom. The highest BCUT2D eigenvalue weighted by molar-refractivity contribution is 4.84. The van der Waals surface area contributed by atoms with Crippen LogP contribution in [0, 0.1) is 5.92 Å². The molecule has 2 aliphatic heterocycles. The van der Waals surface area contributed by atoms with Crippen molar-refractivity contribution in [3.05, 3.63) is 0 Å². The third kappa shape index (κ3) is 3.71. The van der Waals surface area contributed by atoms with E-state index in [1.807, 2.05) is 0 Å². The number of likely N-dealkylation sites (tertiary alicyclic amines) is 1. The van der Waals surface area contributed by atoms with E-state index in [0.717, 1.165) is 12.0 Å². The van der Waals surface area contributed by atoms with Crippen LogP contribution in [0.3, 0.4) is 0 Å². The van der Waals surface area contributed by atoms with Crippen LogP contribution in [0.2, 0.25) is 0 Å². The monoisotopic (exact) mass is 265 g/mol. The van der Waals surface area contributed by atoms with Crippen molar-refractivity contribution in [2.24, 2.45) is 5.92 Å². The van der Waals surface area contributed by atoms with Gasteiger partial charge in [0, 0.05) is 45.3 Å². The number of likely N-dealkylation sites (N-methyl/N-ethyl adjacent to an activating group) is 1. The van der Waals surface area contributed by atoms with Crippen molar-refractivity contribution in [2.45, 2.75) is 44.6 Å². The molecule has 3 aliphatic rings. The van der Waals surface area contributed by atoms with Crippen LogP contribution in [-0.2, 0) is 0 Å². The second-order valence-corrected chi connectivity index (χ2v) is 7.05. The number of piperazine rings is 1. The standard InChI is InChI=1S/C16H31N3/c1-17-9-11-19(12-10-17)16-7-2-3-8-18(14-16)13-15-5-4-6-15/h15-16H,2-14H2,1H3. The molecule has 1 unspecified atom stereocenters. The molecular weight excluding hydrogens is 234 g/mol. The van der Waals surface area contributed by atoms with E-state index in [9.17, 15) is 0 Å². The average Bonchev–Trinajstić information content (AvgIpc) is 2.60. The van der Waals surface area contributed by atoms with E-state index >= 15 is 0 Å². The maximum absolute atomic E-state index is 2.79. The van der Waals surface area contributed by atoms with Gasteiger partial charge < -0.3 is 9.80 Å². The molecule has 19 heavy (non-hydrogen) atoms. The minimum atomic E-state index is 0.844. The predicted octanol–water partition coefficient (Wildman–Crippen LogP) is 1.89. The van der Waals surface area contributed by atoms with Gasteiger partial charge in [0.2, 0.25) is 0 Å². The van der Waals surface area contributed by atoms with Gasteiger partial charge in [0.25, 0.3) is 0 Å². The lowest BCUT2D eigenvalue weighted by atomic mass is 9.85. The molecular formula is C16H31N3. The smallest absolute Gasteiger partial charge is 0.0224 e. The van der Waals surface area contributed by atoms with Crippen LogP contribution in [-0.4, -0.2) is 73.6 Å². The minimum Gasteiger partial charge on any atom is -0.304 e. The SMILES string of the molecule is CN1CCN(C2CCCCN(CC3CCC3)C2)CC1. The summed E-state index contributed by atoms with van der Waals surface area (Å²) in [6, 6.07) is 0.844. The molecule has 2 heterocycles.